The predicted octanol–water partition coefficient (Wildman–Crippen LogP) is 4.83. The summed E-state index contributed by atoms with van der Waals surface area (Å²) in [5.74, 6) is 1.33. The fourth-order valence-corrected chi connectivity index (χ4v) is 4.82. The summed E-state index contributed by atoms with van der Waals surface area (Å²) in [5, 5.41) is 8.51. The molecule has 5 rings (SSSR count). The number of carbonyl (C=O) groups excluding carboxylic acids is 1. The van der Waals surface area contributed by atoms with Gasteiger partial charge in [-0.05, 0) is 36.8 Å². The first-order valence-electron chi connectivity index (χ1n) is 9.73. The Bertz CT molecular complexity index is 1240. The number of ether oxygens (including phenoxy) is 1. The van der Waals surface area contributed by atoms with Crippen molar-refractivity contribution >= 4 is 33.3 Å². The highest BCUT2D eigenvalue weighted by Gasteiger charge is 2.33. The molecule has 0 aliphatic carbocycles. The first-order chi connectivity index (χ1) is 14.6. The van der Waals surface area contributed by atoms with Crippen LogP contribution in [-0.2, 0) is 4.79 Å². The molecule has 1 aliphatic heterocycles. The van der Waals surface area contributed by atoms with Gasteiger partial charge >= 0.3 is 0 Å². The Morgan fingerprint density at radius 2 is 2.17 bits per heavy atom. The number of thiazole rings is 1. The molecule has 1 N–H and O–H groups in total. The van der Waals surface area contributed by atoms with Crippen LogP contribution in [0.1, 0.15) is 29.2 Å². The smallest absolute Gasteiger partial charge is 0.226 e. The summed E-state index contributed by atoms with van der Waals surface area (Å²) in [5.41, 5.74) is 3.85. The molecule has 2 aromatic heterocycles. The number of hydrogen-bond donors (Lipinski definition) is 1. The van der Waals surface area contributed by atoms with Gasteiger partial charge < -0.3 is 10.1 Å². The second kappa shape index (κ2) is 7.42. The van der Waals surface area contributed by atoms with Crippen molar-refractivity contribution in [1.82, 2.24) is 14.8 Å². The highest BCUT2D eigenvalue weighted by molar-refractivity contribution is 7.20. The lowest BCUT2D eigenvalue weighted by atomic mass is 9.86. The van der Waals surface area contributed by atoms with E-state index in [9.17, 15) is 4.79 Å². The maximum Gasteiger partial charge on any atom is 0.226 e. The first-order valence-corrected chi connectivity index (χ1v) is 10.5. The van der Waals surface area contributed by atoms with Crippen molar-refractivity contribution in [2.45, 2.75) is 19.3 Å². The molecule has 7 heteroatoms. The van der Waals surface area contributed by atoms with Gasteiger partial charge in [-0.2, -0.15) is 9.78 Å². The molecule has 1 atom stereocenters. The van der Waals surface area contributed by atoms with Crippen molar-refractivity contribution in [1.29, 1.82) is 0 Å². The van der Waals surface area contributed by atoms with Gasteiger partial charge in [0.25, 0.3) is 0 Å². The molecule has 0 saturated carbocycles. The molecule has 2 aromatic carbocycles. The number of hydrogen-bond acceptors (Lipinski definition) is 5. The fraction of sp³-hybridized carbons (Fsp3) is 0.174. The summed E-state index contributed by atoms with van der Waals surface area (Å²) in [7, 11) is 0. The second-order valence-electron chi connectivity index (χ2n) is 7.20. The highest BCUT2D eigenvalue weighted by Crippen LogP contribution is 2.41. The Hall–Kier alpha value is -3.45. The summed E-state index contributed by atoms with van der Waals surface area (Å²) < 4.78 is 8.54. The van der Waals surface area contributed by atoms with Crippen LogP contribution in [0.4, 0.5) is 5.82 Å². The molecule has 30 heavy (non-hydrogen) atoms. The van der Waals surface area contributed by atoms with Crippen LogP contribution in [0.3, 0.4) is 0 Å². The lowest BCUT2D eigenvalue weighted by Crippen LogP contribution is -2.25. The van der Waals surface area contributed by atoms with Gasteiger partial charge in [-0.3, -0.25) is 4.79 Å². The summed E-state index contributed by atoms with van der Waals surface area (Å²) in [6, 6.07) is 15.9. The Morgan fingerprint density at radius 1 is 1.30 bits per heavy atom. The number of fused-ring (bicyclic) bond motifs is 2. The summed E-state index contributed by atoms with van der Waals surface area (Å²) >= 11 is 1.55. The minimum absolute atomic E-state index is 0.0350. The van der Waals surface area contributed by atoms with Crippen LogP contribution < -0.4 is 10.1 Å². The fourth-order valence-electron chi connectivity index (χ4n) is 3.90. The zero-order chi connectivity index (χ0) is 20.7. The summed E-state index contributed by atoms with van der Waals surface area (Å²) in [6.07, 6.45) is 2.08. The second-order valence-corrected chi connectivity index (χ2v) is 8.21. The number of aryl methyl sites for hydroxylation is 1. The molecule has 150 valence electrons. The lowest BCUT2D eigenvalue weighted by molar-refractivity contribution is -0.116. The molecular formula is C23H20N4O2S. The van der Waals surface area contributed by atoms with E-state index < -0.39 is 0 Å². The third-order valence-corrected chi connectivity index (χ3v) is 6.21. The number of nitrogens with zero attached hydrogens (tertiary/aromatic N) is 3. The van der Waals surface area contributed by atoms with Gasteiger partial charge in [-0.1, -0.05) is 48.3 Å². The van der Waals surface area contributed by atoms with Crippen LogP contribution in [0.25, 0.3) is 15.3 Å². The maximum atomic E-state index is 12.6. The van der Waals surface area contributed by atoms with Gasteiger partial charge in [0.2, 0.25) is 11.0 Å². The first kappa shape index (κ1) is 18.6. The standard InChI is InChI=1S/C23H20N4O2S/c1-3-11-29-16-8-6-7-15(12-16)17-13-20(28)25-22-21(17)14(2)26-27(22)23-24-18-9-4-5-10-19(18)30-23/h3-10,12,17H,1,11,13H2,2H3,(H,25,28). The van der Waals surface area contributed by atoms with Gasteiger partial charge in [-0.25, -0.2) is 4.98 Å². The molecule has 0 spiro atoms. The topological polar surface area (TPSA) is 69.0 Å². The molecule has 0 bridgehead atoms. The van der Waals surface area contributed by atoms with E-state index in [1.807, 2.05) is 55.5 Å². The number of nitrogens with one attached hydrogen (secondary N) is 1. The Labute approximate surface area is 177 Å². The van der Waals surface area contributed by atoms with E-state index in [-0.39, 0.29) is 11.8 Å². The molecule has 0 fully saturated rings. The predicted molar refractivity (Wildman–Crippen MR) is 119 cm³/mol. The number of rotatable bonds is 5. The van der Waals surface area contributed by atoms with Gasteiger partial charge in [0.15, 0.2) is 0 Å². The van der Waals surface area contributed by atoms with E-state index in [2.05, 4.69) is 11.9 Å². The normalized spacial score (nSPS) is 15.6. The van der Waals surface area contributed by atoms with Gasteiger partial charge in [0.05, 0.1) is 15.9 Å². The van der Waals surface area contributed by atoms with E-state index in [0.717, 1.165) is 37.9 Å². The van der Waals surface area contributed by atoms with Crippen molar-refractivity contribution in [3.8, 4) is 10.9 Å². The van der Waals surface area contributed by atoms with Crippen LogP contribution in [0.2, 0.25) is 0 Å². The quantitative estimate of drug-likeness (QED) is 0.473. The van der Waals surface area contributed by atoms with Crippen LogP contribution in [0, 0.1) is 6.92 Å². The van der Waals surface area contributed by atoms with Crippen molar-refractivity contribution in [3.63, 3.8) is 0 Å². The number of carbonyl (C=O) groups is 1. The van der Waals surface area contributed by atoms with E-state index in [4.69, 9.17) is 14.8 Å². The zero-order valence-corrected chi connectivity index (χ0v) is 17.3. The maximum absolute atomic E-state index is 12.6. The van der Waals surface area contributed by atoms with Crippen molar-refractivity contribution in [2.75, 3.05) is 11.9 Å². The Morgan fingerprint density at radius 3 is 3.00 bits per heavy atom. The molecule has 1 aliphatic rings. The molecular weight excluding hydrogens is 396 g/mol. The van der Waals surface area contributed by atoms with Gasteiger partial charge in [-0.15, -0.1) is 0 Å². The minimum atomic E-state index is -0.0934. The highest BCUT2D eigenvalue weighted by atomic mass is 32.1. The van der Waals surface area contributed by atoms with Crippen molar-refractivity contribution in [2.24, 2.45) is 0 Å². The Kier molecular flexibility index (Phi) is 4.59. The van der Waals surface area contributed by atoms with Crippen molar-refractivity contribution in [3.05, 3.63) is 78.0 Å². The molecule has 0 radical (unpaired) electrons. The largest absolute Gasteiger partial charge is 0.490 e. The van der Waals surface area contributed by atoms with E-state index in [1.54, 1.807) is 22.1 Å². The summed E-state index contributed by atoms with van der Waals surface area (Å²) in [4.78, 5) is 17.3. The van der Waals surface area contributed by atoms with Crippen LogP contribution in [-0.4, -0.2) is 27.3 Å². The average molecular weight is 417 g/mol. The molecule has 4 aromatic rings. The monoisotopic (exact) mass is 416 g/mol. The zero-order valence-electron chi connectivity index (χ0n) is 16.5. The number of anilines is 1. The molecule has 3 heterocycles. The van der Waals surface area contributed by atoms with Crippen LogP contribution >= 0.6 is 11.3 Å². The van der Waals surface area contributed by atoms with Crippen molar-refractivity contribution < 1.29 is 9.53 Å². The van der Waals surface area contributed by atoms with Crippen LogP contribution in [0.15, 0.2) is 61.2 Å². The van der Waals surface area contributed by atoms with E-state index in [0.29, 0.717) is 18.8 Å². The molecule has 0 saturated heterocycles. The summed E-state index contributed by atoms with van der Waals surface area (Å²) in [6.45, 7) is 6.11. The molecule has 1 amide bonds. The molecule has 6 nitrogen and oxygen atoms in total. The number of amides is 1. The van der Waals surface area contributed by atoms with E-state index >= 15 is 0 Å². The SMILES string of the molecule is C=CCOc1cccc(C2CC(=O)Nc3c2c(C)nn3-c2nc3ccccc3s2)c1. The van der Waals surface area contributed by atoms with E-state index in [1.165, 1.54) is 0 Å². The minimum Gasteiger partial charge on any atom is -0.490 e. The number of para-hydroxylation sites is 1. The van der Waals surface area contributed by atoms with Gasteiger partial charge in [0, 0.05) is 17.9 Å². The Balaban J connectivity index is 1.60. The third-order valence-electron chi connectivity index (χ3n) is 5.19. The molecule has 1 unspecified atom stereocenters. The lowest BCUT2D eigenvalue weighted by Gasteiger charge is -2.24. The number of aromatic nitrogens is 3. The average Bonchev–Trinajstić information content (AvgIpc) is 3.33. The van der Waals surface area contributed by atoms with Gasteiger partial charge in [0.1, 0.15) is 18.2 Å². The van der Waals surface area contributed by atoms with Crippen LogP contribution in [0.5, 0.6) is 5.75 Å². The number of benzene rings is 2. The third kappa shape index (κ3) is 3.17.